The van der Waals surface area contributed by atoms with E-state index in [0.717, 1.165) is 31.5 Å². The highest BCUT2D eigenvalue weighted by Crippen LogP contribution is 2.57. The maximum atomic E-state index is 14.0. The lowest BCUT2D eigenvalue weighted by molar-refractivity contribution is -0.136. The summed E-state index contributed by atoms with van der Waals surface area (Å²) in [5.74, 6) is -0.378. The number of likely N-dealkylation sites (tertiary alicyclic amines) is 1. The summed E-state index contributed by atoms with van der Waals surface area (Å²) >= 11 is 7.17. The number of fused-ring (bicyclic) bond motifs is 2. The lowest BCUT2D eigenvalue weighted by Gasteiger charge is -2.36. The number of methoxy groups -OCH3 is 1. The number of carbonyl (C=O) groups is 2. The van der Waals surface area contributed by atoms with E-state index in [1.165, 1.54) is 0 Å². The van der Waals surface area contributed by atoms with Crippen LogP contribution in [0.2, 0.25) is 0 Å². The predicted octanol–water partition coefficient (Wildman–Crippen LogP) is 5.02. The smallest absolute Gasteiger partial charge is 0.250 e. The first-order valence-electron chi connectivity index (χ1n) is 10.4. The fourth-order valence-corrected chi connectivity index (χ4v) is 6.80. The summed E-state index contributed by atoms with van der Waals surface area (Å²) in [4.78, 5) is 29.8. The number of rotatable bonds is 4. The minimum atomic E-state index is -1.09. The summed E-state index contributed by atoms with van der Waals surface area (Å²) in [5, 5.41) is 3.07. The molecule has 1 aliphatic carbocycles. The lowest BCUT2D eigenvalue weighted by Crippen LogP contribution is -2.52. The Morgan fingerprint density at radius 3 is 2.50 bits per heavy atom. The molecule has 2 aromatic carbocycles. The average molecular weight is 558 g/mol. The zero-order valence-electron chi connectivity index (χ0n) is 17.6. The van der Waals surface area contributed by atoms with Gasteiger partial charge < -0.3 is 10.1 Å². The van der Waals surface area contributed by atoms with Crippen LogP contribution >= 0.6 is 31.9 Å². The summed E-state index contributed by atoms with van der Waals surface area (Å²) in [6.07, 6.45) is 7.60. The molecule has 1 N–H and O–H groups in total. The van der Waals surface area contributed by atoms with Crippen molar-refractivity contribution >= 4 is 49.2 Å². The van der Waals surface area contributed by atoms with Crippen molar-refractivity contribution in [3.8, 4) is 5.75 Å². The molecule has 0 radical (unpaired) electrons. The molecule has 2 aromatic rings. The number of carbonyl (C=O) groups excluding carboxylic acids is 2. The zero-order chi connectivity index (χ0) is 22.6. The Labute approximate surface area is 203 Å². The number of hydrogen-bond donors (Lipinski definition) is 1. The van der Waals surface area contributed by atoms with E-state index < -0.39 is 11.5 Å². The van der Waals surface area contributed by atoms with E-state index in [1.807, 2.05) is 72.6 Å². The molecule has 7 heteroatoms. The summed E-state index contributed by atoms with van der Waals surface area (Å²) in [7, 11) is 3.57. The monoisotopic (exact) mass is 556 g/mol. The van der Waals surface area contributed by atoms with Gasteiger partial charge in [0.1, 0.15) is 17.1 Å². The van der Waals surface area contributed by atoms with Gasteiger partial charge in [-0.25, -0.2) is 0 Å². The van der Waals surface area contributed by atoms with Crippen LogP contribution in [0.5, 0.6) is 5.75 Å². The molecule has 1 saturated heterocycles. The van der Waals surface area contributed by atoms with Crippen LogP contribution in [0.3, 0.4) is 0 Å². The normalized spacial score (nSPS) is 26.7. The second-order valence-corrected chi connectivity index (χ2v) is 10.2. The maximum Gasteiger partial charge on any atom is 0.250 e. The van der Waals surface area contributed by atoms with E-state index >= 15 is 0 Å². The van der Waals surface area contributed by atoms with Crippen molar-refractivity contribution in [2.45, 2.75) is 11.5 Å². The molecule has 0 unspecified atom stereocenters. The molecule has 1 spiro atoms. The number of likely N-dealkylation sites (N-methyl/N-ethyl adjacent to an activating group) is 1. The van der Waals surface area contributed by atoms with Gasteiger partial charge in [-0.15, -0.1) is 0 Å². The average Bonchev–Trinajstić information content (AvgIpc) is 3.48. The predicted molar refractivity (Wildman–Crippen MR) is 131 cm³/mol. The summed E-state index contributed by atoms with van der Waals surface area (Å²) in [6.45, 7) is 0.583. The van der Waals surface area contributed by atoms with E-state index in [1.54, 1.807) is 7.11 Å². The third-order valence-electron chi connectivity index (χ3n) is 6.90. The number of benzene rings is 2. The topological polar surface area (TPSA) is 58.6 Å². The number of amides is 1. The van der Waals surface area contributed by atoms with Gasteiger partial charge in [-0.2, -0.15) is 0 Å². The Morgan fingerprint density at radius 2 is 1.84 bits per heavy atom. The van der Waals surface area contributed by atoms with Crippen LogP contribution in [-0.4, -0.2) is 37.3 Å². The van der Waals surface area contributed by atoms with E-state index in [0.29, 0.717) is 6.54 Å². The van der Waals surface area contributed by atoms with Crippen molar-refractivity contribution in [3.05, 3.63) is 80.8 Å². The molecule has 164 valence electrons. The van der Waals surface area contributed by atoms with Gasteiger partial charge in [0, 0.05) is 27.0 Å². The highest BCUT2D eigenvalue weighted by atomic mass is 79.9. The molecule has 0 saturated carbocycles. The van der Waals surface area contributed by atoms with E-state index in [-0.39, 0.29) is 23.5 Å². The van der Waals surface area contributed by atoms with Crippen LogP contribution in [-0.2, 0) is 15.1 Å². The van der Waals surface area contributed by atoms with Crippen LogP contribution < -0.4 is 10.1 Å². The van der Waals surface area contributed by atoms with Crippen molar-refractivity contribution < 1.29 is 14.3 Å². The molecular formula is C25H22Br2N2O3. The van der Waals surface area contributed by atoms with Crippen LogP contribution in [0.15, 0.2) is 69.6 Å². The van der Waals surface area contributed by atoms with E-state index in [9.17, 15) is 9.59 Å². The molecular weight excluding hydrogens is 536 g/mol. The molecule has 32 heavy (non-hydrogen) atoms. The van der Waals surface area contributed by atoms with Crippen molar-refractivity contribution in [2.24, 2.45) is 11.8 Å². The lowest BCUT2D eigenvalue weighted by atomic mass is 9.69. The zero-order valence-corrected chi connectivity index (χ0v) is 20.8. The number of ketones is 1. The summed E-state index contributed by atoms with van der Waals surface area (Å²) in [6, 6.07) is 11.7. The summed E-state index contributed by atoms with van der Waals surface area (Å²) < 4.78 is 6.97. The number of anilines is 1. The molecule has 1 fully saturated rings. The third-order valence-corrected chi connectivity index (χ3v) is 7.99. The van der Waals surface area contributed by atoms with E-state index in [2.05, 4.69) is 37.2 Å². The Kier molecular flexibility index (Phi) is 5.39. The maximum absolute atomic E-state index is 14.0. The number of Topliss-reactive ketones (excluding diaryl/α,β-unsaturated/α-hetero) is 1. The second-order valence-electron chi connectivity index (χ2n) is 8.47. The van der Waals surface area contributed by atoms with Crippen molar-refractivity contribution in [2.75, 3.05) is 26.0 Å². The quantitative estimate of drug-likeness (QED) is 0.573. The van der Waals surface area contributed by atoms with Gasteiger partial charge >= 0.3 is 0 Å². The van der Waals surface area contributed by atoms with Gasteiger partial charge in [0.05, 0.1) is 24.6 Å². The number of nitrogens with zero attached hydrogens (tertiary/aromatic N) is 1. The molecule has 1 amide bonds. The van der Waals surface area contributed by atoms with Crippen LogP contribution in [0, 0.1) is 11.8 Å². The highest BCUT2D eigenvalue weighted by molar-refractivity contribution is 9.11. The van der Waals surface area contributed by atoms with Gasteiger partial charge in [-0.1, -0.05) is 52.4 Å². The Bertz CT molecular complexity index is 1160. The number of allylic oxidation sites excluding steroid dienone is 4. The van der Waals surface area contributed by atoms with Crippen molar-refractivity contribution in [1.82, 2.24) is 4.90 Å². The van der Waals surface area contributed by atoms with Crippen molar-refractivity contribution in [1.29, 1.82) is 0 Å². The molecule has 3 aliphatic rings. The van der Waals surface area contributed by atoms with Crippen LogP contribution in [0.25, 0.3) is 0 Å². The van der Waals surface area contributed by atoms with E-state index in [4.69, 9.17) is 4.74 Å². The highest BCUT2D eigenvalue weighted by Gasteiger charge is 2.64. The molecule has 5 nitrogen and oxygen atoms in total. The van der Waals surface area contributed by atoms with Crippen LogP contribution in [0.4, 0.5) is 5.69 Å². The Morgan fingerprint density at radius 1 is 1.16 bits per heavy atom. The standard InChI is InChI=1S/C25H22Br2N2O3/c1-29-13-18(14-7-9-17(32-2)10-8-14)21(23(30)15-5-3-4-6-15)25(29)19-11-16(26)12-20(27)22(19)28-24(25)31/h3-12,15,18,21H,13H2,1-2H3,(H,28,31)/t18-,21+,25-/m0/s1. The fourth-order valence-electron chi connectivity index (χ4n) is 5.48. The molecule has 2 aliphatic heterocycles. The van der Waals surface area contributed by atoms with Gasteiger partial charge in [0.2, 0.25) is 5.91 Å². The minimum Gasteiger partial charge on any atom is -0.497 e. The number of hydrogen-bond acceptors (Lipinski definition) is 4. The minimum absolute atomic E-state index is 0.0549. The van der Waals surface area contributed by atoms with Crippen LogP contribution in [0.1, 0.15) is 17.0 Å². The number of halogens is 2. The first-order chi connectivity index (χ1) is 15.4. The third kappa shape index (κ3) is 3.05. The van der Waals surface area contributed by atoms with Gasteiger partial charge in [-0.05, 0) is 52.8 Å². The van der Waals surface area contributed by atoms with Gasteiger partial charge in [0.25, 0.3) is 0 Å². The fraction of sp³-hybridized carbons (Fsp3) is 0.280. The molecule has 2 heterocycles. The Balaban J connectivity index is 1.71. The molecule has 3 atom stereocenters. The first kappa shape index (κ1) is 21.6. The van der Waals surface area contributed by atoms with Crippen molar-refractivity contribution in [3.63, 3.8) is 0 Å². The SMILES string of the molecule is COc1ccc([C@@H]2CN(C)[C@]3(C(=O)Nc4c(Br)cc(Br)cc43)[C@H]2C(=O)C2C=CC=C2)cc1. The number of nitrogens with one attached hydrogen (secondary N) is 1. The number of ether oxygens (including phenoxy) is 1. The first-order valence-corrected chi connectivity index (χ1v) is 12.0. The molecule has 0 aromatic heterocycles. The summed E-state index contributed by atoms with van der Waals surface area (Å²) in [5.41, 5.74) is 1.49. The van der Waals surface area contributed by atoms with Gasteiger partial charge in [-0.3, -0.25) is 14.5 Å². The Hall–Kier alpha value is -2.22. The second kappa shape index (κ2) is 7.97. The van der Waals surface area contributed by atoms with Gasteiger partial charge in [0.15, 0.2) is 0 Å². The largest absolute Gasteiger partial charge is 0.497 e. The molecule has 5 rings (SSSR count). The molecule has 0 bridgehead atoms.